The van der Waals surface area contributed by atoms with Gasteiger partial charge in [0.15, 0.2) is 0 Å². The second-order valence-electron chi connectivity index (χ2n) is 8.26. The second-order valence-corrected chi connectivity index (χ2v) is 10.2. The Hall–Kier alpha value is -2.04. The van der Waals surface area contributed by atoms with Crippen LogP contribution in [0.2, 0.25) is 0 Å². The van der Waals surface area contributed by atoms with Crippen molar-refractivity contribution in [1.29, 1.82) is 0 Å². The van der Waals surface area contributed by atoms with Crippen molar-refractivity contribution in [2.45, 2.75) is 37.8 Å². The minimum Gasteiger partial charge on any atom is -0.483 e. The SMILES string of the molecule is CS(=O)(=O)N1C[C@H]2C[C@@H](C1)[C@H](CNC(=O)c1ccncc1)N1CCCC[C@@H]21.O=CO. The molecule has 3 saturated heterocycles. The number of nitrogens with one attached hydrogen (secondary N) is 1. The number of hydrogen-bond acceptors (Lipinski definition) is 6. The zero-order valence-electron chi connectivity index (χ0n) is 17.2. The van der Waals surface area contributed by atoms with E-state index in [4.69, 9.17) is 9.90 Å². The van der Waals surface area contributed by atoms with Crippen LogP contribution in [0, 0.1) is 11.8 Å². The Morgan fingerprint density at radius 2 is 1.93 bits per heavy atom. The molecule has 30 heavy (non-hydrogen) atoms. The minimum atomic E-state index is -3.18. The van der Waals surface area contributed by atoms with Crippen LogP contribution in [0.15, 0.2) is 24.5 Å². The Balaban J connectivity index is 0.000000806. The third kappa shape index (κ3) is 5.16. The second kappa shape index (κ2) is 9.84. The van der Waals surface area contributed by atoms with Gasteiger partial charge in [0.05, 0.1) is 6.26 Å². The molecule has 0 saturated carbocycles. The number of fused-ring (bicyclic) bond motifs is 4. The van der Waals surface area contributed by atoms with Crippen molar-refractivity contribution in [2.75, 3.05) is 32.4 Å². The Morgan fingerprint density at radius 1 is 1.27 bits per heavy atom. The van der Waals surface area contributed by atoms with Gasteiger partial charge in [-0.2, -0.15) is 0 Å². The molecule has 3 aliphatic rings. The number of carboxylic acid groups (broad SMARTS) is 1. The third-order valence-electron chi connectivity index (χ3n) is 6.47. The number of aromatic nitrogens is 1. The summed E-state index contributed by atoms with van der Waals surface area (Å²) in [6.07, 6.45) is 9.12. The van der Waals surface area contributed by atoms with Gasteiger partial charge < -0.3 is 10.4 Å². The molecule has 0 unspecified atom stereocenters. The number of rotatable bonds is 4. The van der Waals surface area contributed by atoms with Gasteiger partial charge in [-0.05, 0) is 49.8 Å². The van der Waals surface area contributed by atoms with Crippen molar-refractivity contribution in [3.63, 3.8) is 0 Å². The predicted molar refractivity (Wildman–Crippen MR) is 111 cm³/mol. The molecule has 9 nitrogen and oxygen atoms in total. The van der Waals surface area contributed by atoms with E-state index in [1.54, 1.807) is 28.8 Å². The summed E-state index contributed by atoms with van der Waals surface area (Å²) in [5.41, 5.74) is 0.607. The highest BCUT2D eigenvalue weighted by Gasteiger charge is 2.48. The molecule has 0 spiro atoms. The highest BCUT2D eigenvalue weighted by molar-refractivity contribution is 7.88. The predicted octanol–water partition coefficient (Wildman–Crippen LogP) is 0.647. The summed E-state index contributed by atoms with van der Waals surface area (Å²) < 4.78 is 26.0. The lowest BCUT2D eigenvalue weighted by Gasteiger charge is -2.56. The van der Waals surface area contributed by atoms with E-state index in [1.807, 2.05) is 0 Å². The van der Waals surface area contributed by atoms with Gasteiger partial charge in [0, 0.05) is 49.7 Å². The van der Waals surface area contributed by atoms with E-state index < -0.39 is 10.0 Å². The Labute approximate surface area is 177 Å². The molecular formula is C20H30N4O5S. The number of carbonyl (C=O) groups excluding carboxylic acids is 1. The van der Waals surface area contributed by atoms with Crippen molar-refractivity contribution in [3.05, 3.63) is 30.1 Å². The van der Waals surface area contributed by atoms with Crippen LogP contribution >= 0.6 is 0 Å². The molecule has 2 bridgehead atoms. The fraction of sp³-hybridized carbons (Fsp3) is 0.650. The molecule has 1 amide bonds. The summed E-state index contributed by atoms with van der Waals surface area (Å²) >= 11 is 0. The molecule has 3 aliphatic heterocycles. The number of amides is 1. The molecule has 1 aromatic rings. The highest BCUT2D eigenvalue weighted by atomic mass is 32.2. The number of nitrogens with zero attached hydrogens (tertiary/aromatic N) is 3. The normalized spacial score (nSPS) is 29.1. The summed E-state index contributed by atoms with van der Waals surface area (Å²) in [6, 6.07) is 4.05. The van der Waals surface area contributed by atoms with Gasteiger partial charge in [0.1, 0.15) is 0 Å². The van der Waals surface area contributed by atoms with E-state index in [2.05, 4.69) is 15.2 Å². The van der Waals surface area contributed by atoms with Gasteiger partial charge in [-0.25, -0.2) is 12.7 Å². The first-order valence-electron chi connectivity index (χ1n) is 10.3. The van der Waals surface area contributed by atoms with E-state index >= 15 is 0 Å². The van der Waals surface area contributed by atoms with Crippen LogP contribution in [-0.4, -0.2) is 84.6 Å². The first-order chi connectivity index (χ1) is 14.3. The lowest BCUT2D eigenvalue weighted by molar-refractivity contribution is -0.122. The van der Waals surface area contributed by atoms with Crippen molar-refractivity contribution < 1.29 is 23.1 Å². The molecule has 10 heteroatoms. The molecule has 2 N–H and O–H groups in total. The van der Waals surface area contributed by atoms with E-state index in [9.17, 15) is 13.2 Å². The van der Waals surface area contributed by atoms with Crippen LogP contribution in [-0.2, 0) is 14.8 Å². The van der Waals surface area contributed by atoms with E-state index in [-0.39, 0.29) is 24.3 Å². The molecule has 0 aliphatic carbocycles. The lowest BCUT2D eigenvalue weighted by Crippen LogP contribution is -2.66. The lowest BCUT2D eigenvalue weighted by atomic mass is 9.73. The average Bonchev–Trinajstić information content (AvgIpc) is 2.74. The molecule has 166 valence electrons. The quantitative estimate of drug-likeness (QED) is 0.662. The first kappa shape index (κ1) is 22.6. The molecule has 1 aromatic heterocycles. The number of carbonyl (C=O) groups is 2. The topological polar surface area (TPSA) is 120 Å². The standard InChI is InChI=1S/C19H28N4O3S.CH2O2/c1-27(25,26)22-12-15-10-16(13-22)18(23-9-3-2-4-17(15)23)11-21-19(24)14-5-7-20-8-6-14;2-1-3/h5-8,15-18H,2-4,9-13H2,1H3,(H,21,24);1H,(H,2,3)/t15-,16+,17+,18+;/m1./s1. The monoisotopic (exact) mass is 438 g/mol. The summed E-state index contributed by atoms with van der Waals surface area (Å²) in [5.74, 6) is 0.584. The smallest absolute Gasteiger partial charge is 0.290 e. The first-order valence-corrected chi connectivity index (χ1v) is 12.2. The van der Waals surface area contributed by atoms with Crippen molar-refractivity contribution in [3.8, 4) is 0 Å². The largest absolute Gasteiger partial charge is 0.483 e. The maximum atomic E-state index is 12.5. The van der Waals surface area contributed by atoms with Crippen LogP contribution in [0.5, 0.6) is 0 Å². The van der Waals surface area contributed by atoms with Crippen molar-refractivity contribution >= 4 is 22.4 Å². The van der Waals surface area contributed by atoms with Crippen LogP contribution in [0.3, 0.4) is 0 Å². The van der Waals surface area contributed by atoms with Crippen LogP contribution in [0.25, 0.3) is 0 Å². The zero-order chi connectivity index (χ0) is 21.7. The summed E-state index contributed by atoms with van der Waals surface area (Å²) in [6.45, 7) is 2.57. The Bertz CT molecular complexity index is 835. The fourth-order valence-electron chi connectivity index (χ4n) is 5.22. The van der Waals surface area contributed by atoms with E-state index in [0.717, 1.165) is 19.4 Å². The number of piperidine rings is 3. The minimum absolute atomic E-state index is 0.0936. The van der Waals surface area contributed by atoms with Crippen molar-refractivity contribution in [2.24, 2.45) is 11.8 Å². The number of hydrogen-bond donors (Lipinski definition) is 2. The Morgan fingerprint density at radius 3 is 2.60 bits per heavy atom. The fourth-order valence-corrected chi connectivity index (χ4v) is 6.14. The van der Waals surface area contributed by atoms with Gasteiger partial charge in [0.25, 0.3) is 12.4 Å². The summed E-state index contributed by atoms with van der Waals surface area (Å²) in [7, 11) is -3.18. The highest BCUT2D eigenvalue weighted by Crippen LogP contribution is 2.41. The maximum absolute atomic E-state index is 12.5. The maximum Gasteiger partial charge on any atom is 0.290 e. The molecule has 3 fully saturated rings. The van der Waals surface area contributed by atoms with Gasteiger partial charge >= 0.3 is 0 Å². The average molecular weight is 439 g/mol. The molecule has 4 rings (SSSR count). The van der Waals surface area contributed by atoms with E-state index in [0.29, 0.717) is 37.2 Å². The number of pyridine rings is 1. The molecule has 4 atom stereocenters. The van der Waals surface area contributed by atoms with Crippen LogP contribution < -0.4 is 5.32 Å². The zero-order valence-corrected chi connectivity index (χ0v) is 18.0. The van der Waals surface area contributed by atoms with Gasteiger partial charge in [-0.1, -0.05) is 6.42 Å². The van der Waals surface area contributed by atoms with Gasteiger partial charge in [0.2, 0.25) is 10.0 Å². The molecule has 0 radical (unpaired) electrons. The van der Waals surface area contributed by atoms with Gasteiger partial charge in [-0.15, -0.1) is 0 Å². The van der Waals surface area contributed by atoms with Crippen LogP contribution in [0.1, 0.15) is 36.0 Å². The van der Waals surface area contributed by atoms with Crippen molar-refractivity contribution in [1.82, 2.24) is 19.5 Å². The number of sulfonamides is 1. The Kier molecular flexibility index (Phi) is 7.43. The third-order valence-corrected chi connectivity index (χ3v) is 7.71. The van der Waals surface area contributed by atoms with Crippen LogP contribution in [0.4, 0.5) is 0 Å². The molecule has 0 aromatic carbocycles. The summed E-state index contributed by atoms with van der Waals surface area (Å²) in [5, 5.41) is 9.97. The van der Waals surface area contributed by atoms with E-state index in [1.165, 1.54) is 19.1 Å². The summed E-state index contributed by atoms with van der Waals surface area (Å²) in [4.78, 5) is 27.4. The van der Waals surface area contributed by atoms with Gasteiger partial charge in [-0.3, -0.25) is 19.5 Å². The molecular weight excluding hydrogens is 408 g/mol. The molecule has 4 heterocycles.